The van der Waals surface area contributed by atoms with Gasteiger partial charge < -0.3 is 4.74 Å². The molecule has 0 spiro atoms. The monoisotopic (exact) mass is 226 g/mol. The van der Waals surface area contributed by atoms with Crippen molar-refractivity contribution < 1.29 is 9.53 Å². The van der Waals surface area contributed by atoms with Crippen LogP contribution in [0, 0.1) is 5.41 Å². The van der Waals surface area contributed by atoms with Gasteiger partial charge in [0, 0.05) is 0 Å². The van der Waals surface area contributed by atoms with Crippen molar-refractivity contribution >= 4 is 5.97 Å². The maximum Gasteiger partial charge on any atom is 0.312 e. The summed E-state index contributed by atoms with van der Waals surface area (Å²) in [4.78, 5) is 12.2. The summed E-state index contributed by atoms with van der Waals surface area (Å²) in [7, 11) is 0. The minimum atomic E-state index is -0.287. The average molecular weight is 226 g/mol. The van der Waals surface area contributed by atoms with E-state index in [9.17, 15) is 4.79 Å². The molecule has 0 aliphatic heterocycles. The zero-order chi connectivity index (χ0) is 12.2. The van der Waals surface area contributed by atoms with Gasteiger partial charge in [-0.2, -0.15) is 0 Å². The highest BCUT2D eigenvalue weighted by Gasteiger charge is 2.40. The average Bonchev–Trinajstić information content (AvgIpc) is 2.77. The number of hydrogen-bond acceptors (Lipinski definition) is 2. The molecule has 0 unspecified atom stereocenters. The van der Waals surface area contributed by atoms with Crippen molar-refractivity contribution in [2.24, 2.45) is 5.41 Å². The number of rotatable bonds is 5. The summed E-state index contributed by atoms with van der Waals surface area (Å²) in [6.07, 6.45) is 7.20. The van der Waals surface area contributed by atoms with Gasteiger partial charge in [-0.05, 0) is 51.9 Å². The molecular weight excluding hydrogens is 200 g/mol. The van der Waals surface area contributed by atoms with Gasteiger partial charge in [0.15, 0.2) is 0 Å². The van der Waals surface area contributed by atoms with Crippen LogP contribution >= 0.6 is 0 Å². The summed E-state index contributed by atoms with van der Waals surface area (Å²) in [6, 6.07) is 0. The van der Waals surface area contributed by atoms with E-state index in [1.54, 1.807) is 0 Å². The molecule has 2 heteroatoms. The number of carbonyl (C=O) groups excluding carboxylic acids is 1. The predicted molar refractivity (Wildman–Crippen MR) is 66.3 cm³/mol. The van der Waals surface area contributed by atoms with Gasteiger partial charge in [0.25, 0.3) is 0 Å². The fraction of sp³-hybridized carbons (Fsp3) is 0.929. The summed E-state index contributed by atoms with van der Waals surface area (Å²) in [5.74, 6) is 0.0150. The van der Waals surface area contributed by atoms with Crippen LogP contribution < -0.4 is 0 Å². The number of hydrogen-bond donors (Lipinski definition) is 0. The van der Waals surface area contributed by atoms with Crippen LogP contribution in [0.3, 0.4) is 0 Å². The Morgan fingerprint density at radius 3 is 2.06 bits per heavy atom. The molecule has 0 aromatic heterocycles. The maximum atomic E-state index is 12.2. The molecule has 0 aromatic rings. The first-order chi connectivity index (χ1) is 7.52. The zero-order valence-electron chi connectivity index (χ0n) is 11.3. The van der Waals surface area contributed by atoms with Gasteiger partial charge in [0.1, 0.15) is 5.60 Å². The standard InChI is InChI=1S/C14H26O2/c1-5-13(4,6-2)12(15)16-14(7-3)10-8-9-11-14/h5-11H2,1-4H3. The molecule has 0 saturated heterocycles. The zero-order valence-corrected chi connectivity index (χ0v) is 11.3. The van der Waals surface area contributed by atoms with Crippen molar-refractivity contribution in [1.82, 2.24) is 0 Å². The lowest BCUT2D eigenvalue weighted by Crippen LogP contribution is -2.38. The topological polar surface area (TPSA) is 26.3 Å². The summed E-state index contributed by atoms with van der Waals surface area (Å²) in [6.45, 7) is 8.29. The molecule has 1 fully saturated rings. The molecule has 0 heterocycles. The number of ether oxygens (including phenoxy) is 1. The van der Waals surface area contributed by atoms with Crippen molar-refractivity contribution in [2.75, 3.05) is 0 Å². The highest BCUT2D eigenvalue weighted by Crippen LogP contribution is 2.39. The Morgan fingerprint density at radius 1 is 1.19 bits per heavy atom. The molecule has 1 aliphatic carbocycles. The molecule has 1 saturated carbocycles. The molecule has 1 aliphatic rings. The fourth-order valence-electron chi connectivity index (χ4n) is 2.41. The minimum absolute atomic E-state index is 0.0150. The van der Waals surface area contributed by atoms with Crippen molar-refractivity contribution in [2.45, 2.75) is 78.2 Å². The van der Waals surface area contributed by atoms with Crippen LogP contribution in [0.5, 0.6) is 0 Å². The van der Waals surface area contributed by atoms with Gasteiger partial charge in [-0.3, -0.25) is 4.79 Å². The van der Waals surface area contributed by atoms with Gasteiger partial charge in [-0.1, -0.05) is 20.8 Å². The van der Waals surface area contributed by atoms with E-state index >= 15 is 0 Å². The van der Waals surface area contributed by atoms with E-state index in [0.717, 1.165) is 32.1 Å². The third kappa shape index (κ3) is 2.58. The van der Waals surface area contributed by atoms with Crippen LogP contribution in [0.4, 0.5) is 0 Å². The summed E-state index contributed by atoms with van der Waals surface area (Å²) < 4.78 is 5.86. The molecule has 94 valence electrons. The van der Waals surface area contributed by atoms with E-state index in [2.05, 4.69) is 20.8 Å². The Labute approximate surface area is 99.8 Å². The third-order valence-electron chi connectivity index (χ3n) is 4.52. The molecule has 16 heavy (non-hydrogen) atoms. The second-order valence-electron chi connectivity index (χ2n) is 5.40. The smallest absolute Gasteiger partial charge is 0.312 e. The second-order valence-corrected chi connectivity index (χ2v) is 5.40. The first-order valence-electron chi connectivity index (χ1n) is 6.75. The van der Waals surface area contributed by atoms with Crippen LogP contribution in [0.25, 0.3) is 0 Å². The Bertz CT molecular complexity index is 235. The molecule has 2 nitrogen and oxygen atoms in total. The molecule has 0 N–H and O–H groups in total. The first-order valence-corrected chi connectivity index (χ1v) is 6.75. The van der Waals surface area contributed by atoms with Crippen molar-refractivity contribution in [3.63, 3.8) is 0 Å². The molecule has 1 rings (SSSR count). The third-order valence-corrected chi connectivity index (χ3v) is 4.52. The van der Waals surface area contributed by atoms with E-state index in [1.165, 1.54) is 12.8 Å². The molecular formula is C14H26O2. The molecule has 0 amide bonds. The van der Waals surface area contributed by atoms with Crippen LogP contribution in [0.2, 0.25) is 0 Å². The first kappa shape index (κ1) is 13.5. The predicted octanol–water partition coefficient (Wildman–Crippen LogP) is 4.08. The molecule has 0 atom stereocenters. The van der Waals surface area contributed by atoms with Gasteiger partial charge in [-0.15, -0.1) is 0 Å². The highest BCUT2D eigenvalue weighted by atomic mass is 16.6. The van der Waals surface area contributed by atoms with Gasteiger partial charge in [0.05, 0.1) is 5.41 Å². The lowest BCUT2D eigenvalue weighted by molar-refractivity contribution is -0.172. The van der Waals surface area contributed by atoms with Crippen molar-refractivity contribution in [3.05, 3.63) is 0 Å². The van der Waals surface area contributed by atoms with E-state index in [0.29, 0.717) is 0 Å². The molecule has 0 bridgehead atoms. The quantitative estimate of drug-likeness (QED) is 0.660. The van der Waals surface area contributed by atoms with Gasteiger partial charge in [-0.25, -0.2) is 0 Å². The van der Waals surface area contributed by atoms with Gasteiger partial charge >= 0.3 is 5.97 Å². The number of esters is 1. The van der Waals surface area contributed by atoms with E-state index < -0.39 is 0 Å². The lowest BCUT2D eigenvalue weighted by Gasteiger charge is -2.33. The normalized spacial score (nSPS) is 19.8. The SMILES string of the molecule is CCC1(OC(=O)C(C)(CC)CC)CCCC1. The largest absolute Gasteiger partial charge is 0.459 e. The summed E-state index contributed by atoms with van der Waals surface area (Å²) in [5.41, 5.74) is -0.423. The highest BCUT2D eigenvalue weighted by molar-refractivity contribution is 5.76. The Hall–Kier alpha value is -0.530. The van der Waals surface area contributed by atoms with Crippen LogP contribution in [0.15, 0.2) is 0 Å². The Kier molecular flexibility index (Phi) is 4.40. The second kappa shape index (κ2) is 5.20. The van der Waals surface area contributed by atoms with Crippen molar-refractivity contribution in [3.8, 4) is 0 Å². The van der Waals surface area contributed by atoms with E-state index in [1.807, 2.05) is 6.92 Å². The summed E-state index contributed by atoms with van der Waals surface area (Å²) >= 11 is 0. The van der Waals surface area contributed by atoms with E-state index in [-0.39, 0.29) is 17.0 Å². The number of carbonyl (C=O) groups is 1. The Morgan fingerprint density at radius 2 is 1.69 bits per heavy atom. The lowest BCUT2D eigenvalue weighted by atomic mass is 9.84. The fourth-order valence-corrected chi connectivity index (χ4v) is 2.41. The van der Waals surface area contributed by atoms with Gasteiger partial charge in [0.2, 0.25) is 0 Å². The van der Waals surface area contributed by atoms with Crippen LogP contribution in [0.1, 0.15) is 72.6 Å². The van der Waals surface area contributed by atoms with Crippen molar-refractivity contribution in [1.29, 1.82) is 0 Å². The summed E-state index contributed by atoms with van der Waals surface area (Å²) in [5, 5.41) is 0. The molecule has 0 aromatic carbocycles. The van der Waals surface area contributed by atoms with Crippen LogP contribution in [-0.4, -0.2) is 11.6 Å². The Balaban J connectivity index is 2.68. The molecule has 0 radical (unpaired) electrons. The minimum Gasteiger partial charge on any atom is -0.459 e. The van der Waals surface area contributed by atoms with Crippen LogP contribution in [-0.2, 0) is 9.53 Å². The maximum absolute atomic E-state index is 12.2. The van der Waals surface area contributed by atoms with E-state index in [4.69, 9.17) is 4.74 Å².